The van der Waals surface area contributed by atoms with E-state index in [1.807, 2.05) is 48.5 Å². The number of aromatic nitrogens is 2. The molecule has 3 aromatic rings. The Kier molecular flexibility index (Phi) is 6.48. The summed E-state index contributed by atoms with van der Waals surface area (Å²) in [6, 6.07) is 15.4. The zero-order chi connectivity index (χ0) is 20.1. The molecule has 4 rings (SSSR count). The number of hydrogen-bond acceptors (Lipinski definition) is 5. The minimum atomic E-state index is -0.177. The standard InChI is InChI=1S/C22H21IN4O2/c23-20-7-6-17(13-19(20)21-3-1-2-8-24-21)26-22(28)16-4-5-18(25-14-16)15-27-9-11-29-12-10-27/h1-8,13-14H,9-12,15H2,(H,26,28). The second kappa shape index (κ2) is 9.43. The maximum Gasteiger partial charge on any atom is 0.257 e. The summed E-state index contributed by atoms with van der Waals surface area (Å²) in [5.41, 5.74) is 4.09. The molecular formula is C22H21IN4O2. The number of anilines is 1. The normalized spacial score (nSPS) is 14.5. The highest BCUT2D eigenvalue weighted by Gasteiger charge is 2.13. The average molecular weight is 500 g/mol. The molecule has 1 saturated heterocycles. The number of rotatable bonds is 5. The number of morpholine rings is 1. The molecular weight excluding hydrogens is 479 g/mol. The van der Waals surface area contributed by atoms with Crippen molar-refractivity contribution in [1.29, 1.82) is 0 Å². The van der Waals surface area contributed by atoms with Crippen LogP contribution in [0.25, 0.3) is 11.3 Å². The van der Waals surface area contributed by atoms with Gasteiger partial charge < -0.3 is 10.1 Å². The van der Waals surface area contributed by atoms with Crippen LogP contribution in [-0.2, 0) is 11.3 Å². The summed E-state index contributed by atoms with van der Waals surface area (Å²) in [7, 11) is 0. The second-order valence-corrected chi connectivity index (χ2v) is 7.95. The lowest BCUT2D eigenvalue weighted by Crippen LogP contribution is -2.35. The molecule has 0 unspecified atom stereocenters. The number of ether oxygens (including phenoxy) is 1. The molecule has 6 nitrogen and oxygen atoms in total. The first-order chi connectivity index (χ1) is 14.2. The smallest absolute Gasteiger partial charge is 0.257 e. The van der Waals surface area contributed by atoms with Gasteiger partial charge in [0.25, 0.3) is 5.91 Å². The van der Waals surface area contributed by atoms with E-state index < -0.39 is 0 Å². The van der Waals surface area contributed by atoms with E-state index in [1.165, 1.54) is 0 Å². The average Bonchev–Trinajstić information content (AvgIpc) is 2.77. The van der Waals surface area contributed by atoms with Gasteiger partial charge in [-0.1, -0.05) is 6.07 Å². The van der Waals surface area contributed by atoms with Crippen LogP contribution in [0.4, 0.5) is 5.69 Å². The Labute approximate surface area is 183 Å². The molecule has 1 aliphatic heterocycles. The fourth-order valence-electron chi connectivity index (χ4n) is 3.17. The Morgan fingerprint density at radius 2 is 1.97 bits per heavy atom. The zero-order valence-electron chi connectivity index (χ0n) is 15.8. The fourth-order valence-corrected chi connectivity index (χ4v) is 3.78. The molecule has 0 spiro atoms. The zero-order valence-corrected chi connectivity index (χ0v) is 18.0. The minimum Gasteiger partial charge on any atom is -0.379 e. The highest BCUT2D eigenvalue weighted by atomic mass is 127. The Bertz CT molecular complexity index is 974. The van der Waals surface area contributed by atoms with E-state index in [4.69, 9.17) is 4.74 Å². The van der Waals surface area contributed by atoms with E-state index in [2.05, 4.69) is 42.8 Å². The van der Waals surface area contributed by atoms with Crippen LogP contribution in [0.2, 0.25) is 0 Å². The summed E-state index contributed by atoms with van der Waals surface area (Å²) < 4.78 is 6.45. The Balaban J connectivity index is 1.44. The van der Waals surface area contributed by atoms with Gasteiger partial charge >= 0.3 is 0 Å². The molecule has 1 aliphatic rings. The quantitative estimate of drug-likeness (QED) is 0.540. The maximum absolute atomic E-state index is 12.7. The Hall–Kier alpha value is -2.36. The van der Waals surface area contributed by atoms with Crippen LogP contribution in [0.15, 0.2) is 60.9 Å². The third-order valence-electron chi connectivity index (χ3n) is 4.74. The van der Waals surface area contributed by atoms with E-state index in [-0.39, 0.29) is 5.91 Å². The summed E-state index contributed by atoms with van der Waals surface area (Å²) in [6.07, 6.45) is 3.40. The first-order valence-corrected chi connectivity index (χ1v) is 10.5. The monoisotopic (exact) mass is 500 g/mol. The summed E-state index contributed by atoms with van der Waals surface area (Å²) in [6.45, 7) is 4.12. The van der Waals surface area contributed by atoms with Crippen LogP contribution in [-0.4, -0.2) is 47.1 Å². The molecule has 0 saturated carbocycles. The number of hydrogen-bond donors (Lipinski definition) is 1. The predicted octanol–water partition coefficient (Wildman–Crippen LogP) is 3.83. The van der Waals surface area contributed by atoms with Crippen molar-refractivity contribution < 1.29 is 9.53 Å². The van der Waals surface area contributed by atoms with Crippen molar-refractivity contribution >= 4 is 34.2 Å². The van der Waals surface area contributed by atoms with Gasteiger partial charge in [0.2, 0.25) is 0 Å². The third kappa shape index (κ3) is 5.17. The number of pyridine rings is 2. The largest absolute Gasteiger partial charge is 0.379 e. The van der Waals surface area contributed by atoms with Gasteiger partial charge in [0.05, 0.1) is 30.2 Å². The summed E-state index contributed by atoms with van der Waals surface area (Å²) >= 11 is 2.28. The molecule has 2 aromatic heterocycles. The lowest BCUT2D eigenvalue weighted by atomic mass is 10.1. The number of amides is 1. The van der Waals surface area contributed by atoms with Gasteiger partial charge in [-0.2, -0.15) is 0 Å². The van der Waals surface area contributed by atoms with Crippen LogP contribution >= 0.6 is 22.6 Å². The van der Waals surface area contributed by atoms with Crippen molar-refractivity contribution in [2.45, 2.75) is 6.54 Å². The van der Waals surface area contributed by atoms with E-state index in [1.54, 1.807) is 12.4 Å². The van der Waals surface area contributed by atoms with Crippen LogP contribution in [0.5, 0.6) is 0 Å². The van der Waals surface area contributed by atoms with Crippen molar-refractivity contribution in [2.75, 3.05) is 31.6 Å². The second-order valence-electron chi connectivity index (χ2n) is 6.79. The number of carbonyl (C=O) groups is 1. The summed E-state index contributed by atoms with van der Waals surface area (Å²) in [5, 5.41) is 2.96. The molecule has 0 bridgehead atoms. The van der Waals surface area contributed by atoms with Crippen molar-refractivity contribution in [3.8, 4) is 11.3 Å². The maximum atomic E-state index is 12.7. The predicted molar refractivity (Wildman–Crippen MR) is 121 cm³/mol. The molecule has 7 heteroatoms. The third-order valence-corrected chi connectivity index (χ3v) is 5.68. The first kappa shape index (κ1) is 19.9. The van der Waals surface area contributed by atoms with Gasteiger partial charge in [0.1, 0.15) is 0 Å². The van der Waals surface area contributed by atoms with Gasteiger partial charge in [-0.15, -0.1) is 0 Å². The van der Waals surface area contributed by atoms with Crippen LogP contribution in [0.3, 0.4) is 0 Å². The van der Waals surface area contributed by atoms with E-state index in [0.717, 1.165) is 59.1 Å². The topological polar surface area (TPSA) is 67.4 Å². The number of nitrogens with zero attached hydrogens (tertiary/aromatic N) is 3. The number of nitrogens with one attached hydrogen (secondary N) is 1. The lowest BCUT2D eigenvalue weighted by Gasteiger charge is -2.26. The molecule has 0 atom stereocenters. The molecule has 1 N–H and O–H groups in total. The van der Waals surface area contributed by atoms with Crippen molar-refractivity contribution in [1.82, 2.24) is 14.9 Å². The van der Waals surface area contributed by atoms with Crippen LogP contribution in [0.1, 0.15) is 16.1 Å². The molecule has 148 valence electrons. The molecule has 3 heterocycles. The van der Waals surface area contributed by atoms with Gasteiger partial charge in [-0.05, 0) is 65.1 Å². The first-order valence-electron chi connectivity index (χ1n) is 9.46. The van der Waals surface area contributed by atoms with E-state index in [9.17, 15) is 4.79 Å². The van der Waals surface area contributed by atoms with Gasteiger partial charge in [-0.3, -0.25) is 19.7 Å². The Morgan fingerprint density at radius 3 is 2.69 bits per heavy atom. The number of carbonyl (C=O) groups excluding carboxylic acids is 1. The molecule has 1 amide bonds. The molecule has 1 aromatic carbocycles. The van der Waals surface area contributed by atoms with Crippen LogP contribution in [0, 0.1) is 3.57 Å². The van der Waals surface area contributed by atoms with Gasteiger partial charge in [0, 0.05) is 46.8 Å². The molecule has 0 aliphatic carbocycles. The molecule has 1 fully saturated rings. The number of benzene rings is 1. The minimum absolute atomic E-state index is 0.177. The summed E-state index contributed by atoms with van der Waals surface area (Å²) in [4.78, 5) is 23.8. The SMILES string of the molecule is O=C(Nc1ccc(I)c(-c2ccccn2)c1)c1ccc(CN2CCOCC2)nc1. The number of halogens is 1. The fraction of sp³-hybridized carbons (Fsp3) is 0.227. The van der Waals surface area contributed by atoms with Gasteiger partial charge in [-0.25, -0.2) is 0 Å². The van der Waals surface area contributed by atoms with Crippen molar-refractivity contribution in [2.24, 2.45) is 0 Å². The molecule has 29 heavy (non-hydrogen) atoms. The lowest BCUT2D eigenvalue weighted by molar-refractivity contribution is 0.0336. The van der Waals surface area contributed by atoms with E-state index >= 15 is 0 Å². The van der Waals surface area contributed by atoms with Crippen molar-refractivity contribution in [3.05, 3.63) is 75.8 Å². The van der Waals surface area contributed by atoms with E-state index in [0.29, 0.717) is 5.56 Å². The highest BCUT2D eigenvalue weighted by molar-refractivity contribution is 14.1. The Morgan fingerprint density at radius 1 is 1.10 bits per heavy atom. The van der Waals surface area contributed by atoms with Crippen LogP contribution < -0.4 is 5.32 Å². The summed E-state index contributed by atoms with van der Waals surface area (Å²) in [5.74, 6) is -0.177. The van der Waals surface area contributed by atoms with Crippen molar-refractivity contribution in [3.63, 3.8) is 0 Å². The van der Waals surface area contributed by atoms with Gasteiger partial charge in [0.15, 0.2) is 0 Å². The highest BCUT2D eigenvalue weighted by Crippen LogP contribution is 2.27. The molecule has 0 radical (unpaired) electrons.